The Morgan fingerprint density at radius 3 is 2.77 bits per heavy atom. The van der Waals surface area contributed by atoms with Crippen LogP contribution in [0.3, 0.4) is 0 Å². The summed E-state index contributed by atoms with van der Waals surface area (Å²) in [6.07, 6.45) is 5.09. The average molecular weight is 437 g/mol. The van der Waals surface area contributed by atoms with Gasteiger partial charge < -0.3 is 10.6 Å². The lowest BCUT2D eigenvalue weighted by Crippen LogP contribution is -2.47. The van der Waals surface area contributed by atoms with Crippen molar-refractivity contribution in [1.82, 2.24) is 25.1 Å². The van der Waals surface area contributed by atoms with E-state index in [1.165, 1.54) is 12.8 Å². The molecule has 1 aromatic carbocycles. The van der Waals surface area contributed by atoms with Crippen LogP contribution in [0.5, 0.6) is 0 Å². The summed E-state index contributed by atoms with van der Waals surface area (Å²) < 4.78 is 0. The molecule has 0 spiro atoms. The molecule has 0 radical (unpaired) electrons. The van der Waals surface area contributed by atoms with E-state index in [1.807, 2.05) is 31.2 Å². The number of halogens is 1. The van der Waals surface area contributed by atoms with E-state index in [-0.39, 0.29) is 0 Å². The average Bonchev–Trinajstić information content (AvgIpc) is 3.25. The highest BCUT2D eigenvalue weighted by atomic mass is 35.5. The molecule has 0 amide bonds. The minimum atomic E-state index is 0.313. The molecule has 3 aromatic rings. The fourth-order valence-corrected chi connectivity index (χ4v) is 5.28. The van der Waals surface area contributed by atoms with Gasteiger partial charge in [0.1, 0.15) is 5.82 Å². The number of aromatic nitrogens is 4. The number of benzene rings is 1. The highest BCUT2D eigenvalue weighted by Crippen LogP contribution is 2.37. The van der Waals surface area contributed by atoms with Crippen molar-refractivity contribution in [1.29, 1.82) is 5.26 Å². The van der Waals surface area contributed by atoms with Crippen LogP contribution < -0.4 is 10.6 Å². The third-order valence-corrected chi connectivity index (χ3v) is 6.64. The molecule has 2 unspecified atom stereocenters. The van der Waals surface area contributed by atoms with E-state index in [2.05, 4.69) is 31.8 Å². The highest BCUT2D eigenvalue weighted by molar-refractivity contribution is 6.36. The van der Waals surface area contributed by atoms with Gasteiger partial charge in [0.05, 0.1) is 22.0 Å². The third-order valence-electron chi connectivity index (χ3n) is 6.32. The van der Waals surface area contributed by atoms with Gasteiger partial charge in [0.15, 0.2) is 5.82 Å². The van der Waals surface area contributed by atoms with Crippen molar-refractivity contribution in [3.63, 3.8) is 0 Å². The molecular weight excluding hydrogens is 412 g/mol. The normalized spacial score (nSPS) is 23.1. The fraction of sp³-hybridized carbons (Fsp3) is 0.455. The standard InChI is InChI=1S/C22H25ClN8/c1-13-10-19(30-29-13)27-21-20-17(23)4-2-5-18(20)26-22(28-21)25-14-11-15-6-7-16(12-14)31(15)9-3-8-24/h2,4-5,10,14-16H,3,6-7,9,11-12H2,1H3,(H3,25,26,27,28,29,30). The van der Waals surface area contributed by atoms with Crippen molar-refractivity contribution in [3.8, 4) is 6.07 Å². The van der Waals surface area contributed by atoms with Crippen molar-refractivity contribution in [3.05, 3.63) is 35.0 Å². The Balaban J connectivity index is 1.40. The van der Waals surface area contributed by atoms with E-state index in [4.69, 9.17) is 26.8 Å². The molecule has 2 aliphatic heterocycles. The van der Waals surface area contributed by atoms with E-state index in [9.17, 15) is 0 Å². The Labute approximate surface area is 186 Å². The number of fused-ring (bicyclic) bond motifs is 3. The first kappa shape index (κ1) is 20.0. The molecule has 0 aliphatic carbocycles. The van der Waals surface area contributed by atoms with E-state index in [0.29, 0.717) is 47.2 Å². The first-order valence-electron chi connectivity index (χ1n) is 10.7. The number of hydrogen-bond acceptors (Lipinski definition) is 7. The third kappa shape index (κ3) is 4.03. The second kappa shape index (κ2) is 8.33. The predicted octanol–water partition coefficient (Wildman–Crippen LogP) is 4.38. The number of nitrogens with one attached hydrogen (secondary N) is 3. The Morgan fingerprint density at radius 1 is 1.26 bits per heavy atom. The van der Waals surface area contributed by atoms with Crippen LogP contribution in [0.2, 0.25) is 5.02 Å². The smallest absolute Gasteiger partial charge is 0.225 e. The summed E-state index contributed by atoms with van der Waals surface area (Å²) in [5, 5.41) is 24.4. The number of nitrogens with zero attached hydrogens (tertiary/aromatic N) is 5. The van der Waals surface area contributed by atoms with Crippen LogP contribution in [-0.2, 0) is 0 Å². The maximum atomic E-state index is 8.95. The molecule has 2 aliphatic rings. The largest absolute Gasteiger partial charge is 0.351 e. The number of aromatic amines is 1. The monoisotopic (exact) mass is 436 g/mol. The Morgan fingerprint density at radius 2 is 2.06 bits per heavy atom. The second-order valence-corrected chi connectivity index (χ2v) is 8.84. The molecule has 4 heterocycles. The number of nitriles is 1. The van der Waals surface area contributed by atoms with Crippen molar-refractivity contribution < 1.29 is 0 Å². The van der Waals surface area contributed by atoms with E-state index in [0.717, 1.165) is 36.0 Å². The topological polar surface area (TPSA) is 106 Å². The van der Waals surface area contributed by atoms with Crippen LogP contribution in [-0.4, -0.2) is 49.7 Å². The zero-order chi connectivity index (χ0) is 21.4. The van der Waals surface area contributed by atoms with Crippen molar-refractivity contribution in [2.45, 2.75) is 57.2 Å². The lowest BCUT2D eigenvalue weighted by Gasteiger charge is -2.38. The van der Waals surface area contributed by atoms with Gasteiger partial charge in [0, 0.05) is 42.9 Å². The lowest BCUT2D eigenvalue weighted by molar-refractivity contribution is 0.135. The van der Waals surface area contributed by atoms with Crippen LogP contribution >= 0.6 is 11.6 Å². The van der Waals surface area contributed by atoms with Crippen LogP contribution in [0.4, 0.5) is 17.6 Å². The Hall–Kier alpha value is -2.89. The second-order valence-electron chi connectivity index (χ2n) is 8.43. The molecule has 2 aromatic heterocycles. The number of piperidine rings is 1. The number of anilines is 3. The molecule has 31 heavy (non-hydrogen) atoms. The molecule has 0 saturated carbocycles. The molecule has 8 nitrogen and oxygen atoms in total. The summed E-state index contributed by atoms with van der Waals surface area (Å²) in [6, 6.07) is 11.3. The quantitative estimate of drug-likeness (QED) is 0.526. The lowest BCUT2D eigenvalue weighted by atomic mass is 9.97. The minimum Gasteiger partial charge on any atom is -0.351 e. The van der Waals surface area contributed by atoms with Crippen LogP contribution in [0.25, 0.3) is 10.9 Å². The van der Waals surface area contributed by atoms with Crippen LogP contribution in [0, 0.1) is 18.3 Å². The molecule has 2 bridgehead atoms. The summed E-state index contributed by atoms with van der Waals surface area (Å²) in [4.78, 5) is 12.0. The van der Waals surface area contributed by atoms with Gasteiger partial charge in [-0.3, -0.25) is 10.00 Å². The number of hydrogen-bond donors (Lipinski definition) is 3. The molecule has 9 heteroatoms. The van der Waals surface area contributed by atoms with Crippen LogP contribution in [0.15, 0.2) is 24.3 Å². The minimum absolute atomic E-state index is 0.313. The van der Waals surface area contributed by atoms with Gasteiger partial charge in [0.25, 0.3) is 0 Å². The van der Waals surface area contributed by atoms with Gasteiger partial charge in [-0.1, -0.05) is 17.7 Å². The zero-order valence-corrected chi connectivity index (χ0v) is 18.2. The number of aryl methyl sites for hydroxylation is 1. The SMILES string of the molecule is Cc1cc(Nc2nc(NC3CC4CCC(C3)N4CCC#N)nc3cccc(Cl)c23)n[nH]1. The summed E-state index contributed by atoms with van der Waals surface area (Å²) in [6.45, 7) is 2.83. The summed E-state index contributed by atoms with van der Waals surface area (Å²) in [5.74, 6) is 1.92. The van der Waals surface area contributed by atoms with E-state index in [1.54, 1.807) is 0 Å². The molecule has 2 fully saturated rings. The summed E-state index contributed by atoms with van der Waals surface area (Å²) in [5.41, 5.74) is 1.75. The van der Waals surface area contributed by atoms with Gasteiger partial charge in [-0.15, -0.1) is 0 Å². The summed E-state index contributed by atoms with van der Waals surface area (Å²) in [7, 11) is 0. The van der Waals surface area contributed by atoms with Gasteiger partial charge in [-0.2, -0.15) is 15.3 Å². The van der Waals surface area contributed by atoms with Crippen molar-refractivity contribution >= 4 is 40.1 Å². The molecule has 2 atom stereocenters. The predicted molar refractivity (Wildman–Crippen MR) is 122 cm³/mol. The molecule has 3 N–H and O–H groups in total. The maximum absolute atomic E-state index is 8.95. The van der Waals surface area contributed by atoms with Crippen LogP contribution in [0.1, 0.15) is 37.8 Å². The molecular formula is C22H25ClN8. The summed E-state index contributed by atoms with van der Waals surface area (Å²) >= 11 is 6.48. The molecule has 2 saturated heterocycles. The van der Waals surface area contributed by atoms with Gasteiger partial charge in [-0.25, -0.2) is 4.98 Å². The highest BCUT2D eigenvalue weighted by Gasteiger charge is 2.40. The first-order valence-corrected chi connectivity index (χ1v) is 11.1. The number of rotatable bonds is 6. The first-order chi connectivity index (χ1) is 15.1. The van der Waals surface area contributed by atoms with Crippen molar-refractivity contribution in [2.24, 2.45) is 0 Å². The van der Waals surface area contributed by atoms with Gasteiger partial charge in [-0.05, 0) is 44.7 Å². The Kier molecular flexibility index (Phi) is 5.38. The molecule has 160 valence electrons. The van der Waals surface area contributed by atoms with E-state index >= 15 is 0 Å². The van der Waals surface area contributed by atoms with E-state index < -0.39 is 0 Å². The van der Waals surface area contributed by atoms with Crippen molar-refractivity contribution in [2.75, 3.05) is 17.2 Å². The fourth-order valence-electron chi connectivity index (χ4n) is 5.02. The zero-order valence-electron chi connectivity index (χ0n) is 17.4. The van der Waals surface area contributed by atoms with Gasteiger partial charge in [0.2, 0.25) is 5.95 Å². The Bertz CT molecular complexity index is 1120. The van der Waals surface area contributed by atoms with Gasteiger partial charge >= 0.3 is 0 Å². The number of H-pyrrole nitrogens is 1. The molecule has 5 rings (SSSR count). The maximum Gasteiger partial charge on any atom is 0.225 e.